The maximum absolute atomic E-state index is 10.0. The molecule has 0 aromatic carbocycles. The Labute approximate surface area is 77.8 Å². The highest BCUT2D eigenvalue weighted by molar-refractivity contribution is 5.39. The lowest BCUT2D eigenvalue weighted by molar-refractivity contribution is -0.129. The zero-order valence-corrected chi connectivity index (χ0v) is 8.13. The summed E-state index contributed by atoms with van der Waals surface area (Å²) in [6.07, 6.45) is 1.80. The van der Waals surface area contributed by atoms with Crippen molar-refractivity contribution >= 4 is 6.47 Å². The van der Waals surface area contributed by atoms with E-state index in [1.54, 1.807) is 6.20 Å². The van der Waals surface area contributed by atoms with Gasteiger partial charge in [-0.05, 0) is 37.5 Å². The molecule has 0 radical (unpaired) electrons. The van der Waals surface area contributed by atoms with Crippen LogP contribution < -0.4 is 0 Å². The second-order valence-corrected chi connectivity index (χ2v) is 3.04. The third-order valence-electron chi connectivity index (χ3n) is 2.22. The molecule has 0 fully saturated rings. The summed E-state index contributed by atoms with van der Waals surface area (Å²) in [6.45, 7) is 6.69. The second-order valence-electron chi connectivity index (χ2n) is 3.04. The molecule has 0 N–H and O–H groups in total. The van der Waals surface area contributed by atoms with Crippen molar-refractivity contribution in [1.29, 1.82) is 0 Å². The minimum absolute atomic E-state index is 0.338. The molecule has 70 valence electrons. The van der Waals surface area contributed by atoms with Crippen LogP contribution in [-0.2, 0) is 16.1 Å². The average molecular weight is 179 g/mol. The molecule has 1 aromatic rings. The maximum atomic E-state index is 10.0. The second kappa shape index (κ2) is 4.03. The summed E-state index contributed by atoms with van der Waals surface area (Å²) in [5.41, 5.74) is 4.20. The van der Waals surface area contributed by atoms with Gasteiger partial charge in [-0.1, -0.05) is 0 Å². The first kappa shape index (κ1) is 9.71. The van der Waals surface area contributed by atoms with E-state index in [1.165, 1.54) is 0 Å². The molecular weight excluding hydrogens is 166 g/mol. The molecule has 3 heteroatoms. The molecule has 0 aliphatic rings. The van der Waals surface area contributed by atoms with E-state index in [-0.39, 0.29) is 0 Å². The van der Waals surface area contributed by atoms with Gasteiger partial charge < -0.3 is 4.74 Å². The molecule has 0 atom stereocenters. The summed E-state index contributed by atoms with van der Waals surface area (Å²) in [6, 6.07) is 0. The minimum Gasteiger partial charge on any atom is -0.463 e. The summed E-state index contributed by atoms with van der Waals surface area (Å²) >= 11 is 0. The third kappa shape index (κ3) is 2.05. The normalized spacial score (nSPS) is 9.77. The Morgan fingerprint density at radius 2 is 2.15 bits per heavy atom. The molecule has 0 amide bonds. The van der Waals surface area contributed by atoms with Gasteiger partial charge in [0.15, 0.2) is 0 Å². The zero-order chi connectivity index (χ0) is 9.84. The van der Waals surface area contributed by atoms with Gasteiger partial charge in [-0.25, -0.2) is 0 Å². The van der Waals surface area contributed by atoms with Gasteiger partial charge in [0.25, 0.3) is 6.47 Å². The van der Waals surface area contributed by atoms with E-state index in [4.69, 9.17) is 4.74 Å². The topological polar surface area (TPSA) is 39.2 Å². The number of carbonyl (C=O) groups excluding carboxylic acids is 1. The number of rotatable bonds is 3. The number of aromatic nitrogens is 1. The Hall–Kier alpha value is -1.38. The van der Waals surface area contributed by atoms with Crippen LogP contribution in [0.4, 0.5) is 0 Å². The number of pyridine rings is 1. The number of ether oxygens (including phenoxy) is 1. The molecule has 0 saturated carbocycles. The van der Waals surface area contributed by atoms with Crippen LogP contribution in [0.2, 0.25) is 0 Å². The van der Waals surface area contributed by atoms with Gasteiger partial charge in [0.2, 0.25) is 0 Å². The van der Waals surface area contributed by atoms with Crippen molar-refractivity contribution in [3.8, 4) is 0 Å². The smallest absolute Gasteiger partial charge is 0.293 e. The average Bonchev–Trinajstić information content (AvgIpc) is 2.12. The number of carbonyl (C=O) groups is 1. The number of nitrogens with zero attached hydrogens (tertiary/aromatic N) is 1. The fourth-order valence-electron chi connectivity index (χ4n) is 1.22. The van der Waals surface area contributed by atoms with Gasteiger partial charge in [0, 0.05) is 11.9 Å². The van der Waals surface area contributed by atoms with Crippen molar-refractivity contribution < 1.29 is 9.53 Å². The summed E-state index contributed by atoms with van der Waals surface area (Å²) in [5.74, 6) is 0. The van der Waals surface area contributed by atoms with Gasteiger partial charge in [0.05, 0.1) is 0 Å². The Bertz CT molecular complexity index is 321. The van der Waals surface area contributed by atoms with Gasteiger partial charge in [-0.2, -0.15) is 0 Å². The van der Waals surface area contributed by atoms with Crippen molar-refractivity contribution in [2.24, 2.45) is 0 Å². The van der Waals surface area contributed by atoms with Crippen molar-refractivity contribution in [3.05, 3.63) is 28.6 Å². The lowest BCUT2D eigenvalue weighted by atomic mass is 10.0. The minimum atomic E-state index is 0.338. The van der Waals surface area contributed by atoms with Crippen LogP contribution in [0.25, 0.3) is 0 Å². The van der Waals surface area contributed by atoms with Crippen LogP contribution in [0.3, 0.4) is 0 Å². The first-order valence-electron chi connectivity index (χ1n) is 4.13. The van der Waals surface area contributed by atoms with Crippen molar-refractivity contribution in [1.82, 2.24) is 4.98 Å². The predicted molar refractivity (Wildman–Crippen MR) is 49.3 cm³/mol. The van der Waals surface area contributed by atoms with Gasteiger partial charge in [0.1, 0.15) is 6.61 Å². The van der Waals surface area contributed by atoms with E-state index in [1.807, 2.05) is 20.8 Å². The van der Waals surface area contributed by atoms with Crippen LogP contribution in [0, 0.1) is 20.8 Å². The SMILES string of the molecule is Cc1cnc(C)c(C)c1COC=O. The number of hydrogen-bond donors (Lipinski definition) is 0. The molecule has 0 aliphatic carbocycles. The van der Waals surface area contributed by atoms with E-state index in [0.717, 1.165) is 22.4 Å². The van der Waals surface area contributed by atoms with E-state index in [2.05, 4.69) is 4.98 Å². The molecular formula is C10H13NO2. The molecule has 0 unspecified atom stereocenters. The molecule has 1 rings (SSSR count). The van der Waals surface area contributed by atoms with Crippen molar-refractivity contribution in [3.63, 3.8) is 0 Å². The molecule has 13 heavy (non-hydrogen) atoms. The van der Waals surface area contributed by atoms with Gasteiger partial charge in [-0.15, -0.1) is 0 Å². The van der Waals surface area contributed by atoms with Crippen LogP contribution in [-0.4, -0.2) is 11.5 Å². The first-order chi connectivity index (χ1) is 6.16. The van der Waals surface area contributed by atoms with E-state index in [9.17, 15) is 4.79 Å². The number of aryl methyl sites for hydroxylation is 2. The third-order valence-corrected chi connectivity index (χ3v) is 2.22. The quantitative estimate of drug-likeness (QED) is 0.663. The Morgan fingerprint density at radius 3 is 2.77 bits per heavy atom. The molecule has 0 saturated heterocycles. The van der Waals surface area contributed by atoms with Crippen LogP contribution >= 0.6 is 0 Å². The fourth-order valence-corrected chi connectivity index (χ4v) is 1.22. The lowest BCUT2D eigenvalue weighted by Gasteiger charge is -2.09. The fraction of sp³-hybridized carbons (Fsp3) is 0.400. The molecule has 0 spiro atoms. The maximum Gasteiger partial charge on any atom is 0.293 e. The highest BCUT2D eigenvalue weighted by Gasteiger charge is 2.05. The highest BCUT2D eigenvalue weighted by atomic mass is 16.5. The van der Waals surface area contributed by atoms with Crippen molar-refractivity contribution in [2.45, 2.75) is 27.4 Å². The van der Waals surface area contributed by atoms with Gasteiger partial charge in [-0.3, -0.25) is 9.78 Å². The van der Waals surface area contributed by atoms with Crippen molar-refractivity contribution in [2.75, 3.05) is 0 Å². The summed E-state index contributed by atoms with van der Waals surface area (Å²) in [5, 5.41) is 0. The molecule has 0 aliphatic heterocycles. The van der Waals surface area contributed by atoms with E-state index >= 15 is 0 Å². The van der Waals surface area contributed by atoms with Crippen LogP contribution in [0.5, 0.6) is 0 Å². The predicted octanol–water partition coefficient (Wildman–Crippen LogP) is 1.68. The van der Waals surface area contributed by atoms with Crippen LogP contribution in [0.1, 0.15) is 22.4 Å². The summed E-state index contributed by atoms with van der Waals surface area (Å²) < 4.78 is 4.73. The first-order valence-corrected chi connectivity index (χ1v) is 4.13. The summed E-state index contributed by atoms with van der Waals surface area (Å²) in [4.78, 5) is 14.3. The standard InChI is InChI=1S/C10H13NO2/c1-7-4-11-9(3)8(2)10(7)5-13-6-12/h4,6H,5H2,1-3H3. The van der Waals surface area contributed by atoms with E-state index in [0.29, 0.717) is 13.1 Å². The highest BCUT2D eigenvalue weighted by Crippen LogP contribution is 2.15. The molecule has 0 bridgehead atoms. The lowest BCUT2D eigenvalue weighted by Crippen LogP contribution is -2.00. The zero-order valence-electron chi connectivity index (χ0n) is 8.13. The van der Waals surface area contributed by atoms with E-state index < -0.39 is 0 Å². The van der Waals surface area contributed by atoms with Gasteiger partial charge >= 0.3 is 0 Å². The molecule has 1 heterocycles. The number of hydrogen-bond acceptors (Lipinski definition) is 3. The van der Waals surface area contributed by atoms with Crippen LogP contribution in [0.15, 0.2) is 6.20 Å². The molecule has 1 aromatic heterocycles. The largest absolute Gasteiger partial charge is 0.463 e. The Kier molecular flexibility index (Phi) is 3.01. The monoisotopic (exact) mass is 179 g/mol. The Morgan fingerprint density at radius 1 is 1.46 bits per heavy atom. The molecule has 3 nitrogen and oxygen atoms in total. The Balaban J connectivity index is 3.02. The summed E-state index contributed by atoms with van der Waals surface area (Å²) in [7, 11) is 0.